The van der Waals surface area contributed by atoms with Crippen molar-refractivity contribution in [2.45, 2.75) is 24.6 Å². The first kappa shape index (κ1) is 19.6. The van der Waals surface area contributed by atoms with Crippen LogP contribution in [0.2, 0.25) is 0 Å². The molecule has 3 N–H and O–H groups in total. The van der Waals surface area contributed by atoms with Gasteiger partial charge in [0.1, 0.15) is 29.2 Å². The Morgan fingerprint density at radius 2 is 1.74 bits per heavy atom. The smallest absolute Gasteiger partial charge is 0.382 e. The Labute approximate surface area is 175 Å². The highest BCUT2D eigenvalue weighted by molar-refractivity contribution is 5.87. The number of alkyl halides is 3. The summed E-state index contributed by atoms with van der Waals surface area (Å²) in [5.41, 5.74) is 0.0413. The molecule has 160 valence electrons. The molecule has 0 bridgehead atoms. The maximum absolute atomic E-state index is 12.8. The number of H-pyrrole nitrogens is 2. The summed E-state index contributed by atoms with van der Waals surface area (Å²) in [7, 11) is 0. The van der Waals surface area contributed by atoms with Crippen LogP contribution in [0.3, 0.4) is 0 Å². The molecule has 31 heavy (non-hydrogen) atoms. The van der Waals surface area contributed by atoms with Crippen LogP contribution in [-0.2, 0) is 11.8 Å². The lowest BCUT2D eigenvalue weighted by Gasteiger charge is -2.37. The zero-order valence-corrected chi connectivity index (χ0v) is 16.3. The second-order valence-corrected chi connectivity index (χ2v) is 7.68. The van der Waals surface area contributed by atoms with Gasteiger partial charge in [0.2, 0.25) is 0 Å². The molecule has 0 saturated carbocycles. The molecule has 7 nitrogen and oxygen atoms in total. The van der Waals surface area contributed by atoms with E-state index in [9.17, 15) is 18.3 Å². The third kappa shape index (κ3) is 3.52. The Kier molecular flexibility index (Phi) is 4.47. The molecule has 0 amide bonds. The van der Waals surface area contributed by atoms with Crippen molar-refractivity contribution in [2.24, 2.45) is 0 Å². The molecule has 0 atom stereocenters. The number of imidazole rings is 1. The number of fused-ring (bicyclic) bond motifs is 1. The van der Waals surface area contributed by atoms with Crippen molar-refractivity contribution < 1.29 is 18.3 Å². The normalized spacial score (nSPS) is 16.7. The van der Waals surface area contributed by atoms with Crippen LogP contribution in [-0.4, -0.2) is 43.1 Å². The van der Waals surface area contributed by atoms with E-state index in [-0.39, 0.29) is 0 Å². The van der Waals surface area contributed by atoms with Crippen molar-refractivity contribution in [1.82, 2.24) is 24.9 Å². The van der Waals surface area contributed by atoms with Gasteiger partial charge in [0.05, 0.1) is 22.8 Å². The molecule has 5 rings (SSSR count). The third-order valence-electron chi connectivity index (χ3n) is 5.76. The number of piperidine rings is 1. The summed E-state index contributed by atoms with van der Waals surface area (Å²) >= 11 is 0. The van der Waals surface area contributed by atoms with E-state index in [1.165, 1.54) is 24.7 Å². The van der Waals surface area contributed by atoms with Gasteiger partial charge in [0, 0.05) is 32.1 Å². The highest BCUT2D eigenvalue weighted by Crippen LogP contribution is 2.35. The fraction of sp³-hybridized carbons (Fsp3) is 0.286. The van der Waals surface area contributed by atoms with Crippen molar-refractivity contribution in [3.63, 3.8) is 0 Å². The van der Waals surface area contributed by atoms with Crippen LogP contribution in [0.15, 0.2) is 49.1 Å². The highest BCUT2D eigenvalue weighted by atomic mass is 19.4. The number of benzene rings is 1. The molecular weight excluding hydrogens is 409 g/mol. The van der Waals surface area contributed by atoms with E-state index in [2.05, 4.69) is 29.8 Å². The topological polar surface area (TPSA) is 93.7 Å². The first-order valence-electron chi connectivity index (χ1n) is 9.82. The number of nitrogens with zero attached hydrogens (tertiary/aromatic N) is 4. The van der Waals surface area contributed by atoms with Gasteiger partial charge in [-0.25, -0.2) is 15.0 Å². The summed E-state index contributed by atoms with van der Waals surface area (Å²) in [5.74, 6) is 1.23. The molecule has 3 aromatic heterocycles. The van der Waals surface area contributed by atoms with Crippen LogP contribution >= 0.6 is 0 Å². The molecule has 4 heterocycles. The molecule has 0 aliphatic carbocycles. The molecule has 0 radical (unpaired) electrons. The van der Waals surface area contributed by atoms with E-state index in [4.69, 9.17) is 0 Å². The number of hydrogen-bond acceptors (Lipinski definition) is 5. The average Bonchev–Trinajstić information content (AvgIpc) is 3.44. The minimum absolute atomic E-state index is 0.413. The van der Waals surface area contributed by atoms with Crippen molar-refractivity contribution in [2.75, 3.05) is 18.0 Å². The molecule has 1 fully saturated rings. The van der Waals surface area contributed by atoms with E-state index < -0.39 is 17.3 Å². The van der Waals surface area contributed by atoms with E-state index in [0.29, 0.717) is 43.0 Å². The van der Waals surface area contributed by atoms with E-state index in [0.717, 1.165) is 29.0 Å². The van der Waals surface area contributed by atoms with Gasteiger partial charge in [0.15, 0.2) is 0 Å². The minimum atomic E-state index is -4.38. The Balaban J connectivity index is 1.33. The first-order valence-corrected chi connectivity index (χ1v) is 9.82. The fourth-order valence-corrected chi connectivity index (χ4v) is 3.98. The molecule has 1 saturated heterocycles. The number of rotatable bonds is 3. The molecule has 0 spiro atoms. The number of anilines is 1. The predicted octanol–water partition coefficient (Wildman–Crippen LogP) is 3.85. The van der Waals surface area contributed by atoms with Crippen LogP contribution in [0.4, 0.5) is 19.0 Å². The second kappa shape index (κ2) is 7.09. The lowest BCUT2D eigenvalue weighted by atomic mass is 9.90. The lowest BCUT2D eigenvalue weighted by molar-refractivity contribution is -0.137. The number of halogens is 3. The molecule has 0 unspecified atom stereocenters. The van der Waals surface area contributed by atoms with Gasteiger partial charge >= 0.3 is 6.18 Å². The number of nitrogens with one attached hydrogen (secondary N) is 2. The average molecular weight is 428 g/mol. The fourth-order valence-electron chi connectivity index (χ4n) is 3.98. The SMILES string of the molecule is OC1(c2ncc(-c3ccc(C(F)(F)F)cc3)[nH]2)CCN(c2ncnc3[nH]ccc23)CC1. The number of aromatic nitrogens is 5. The summed E-state index contributed by atoms with van der Waals surface area (Å²) < 4.78 is 38.3. The third-order valence-corrected chi connectivity index (χ3v) is 5.76. The Morgan fingerprint density at radius 3 is 2.45 bits per heavy atom. The first-order chi connectivity index (χ1) is 14.8. The van der Waals surface area contributed by atoms with Crippen LogP contribution in [0.25, 0.3) is 22.3 Å². The largest absolute Gasteiger partial charge is 0.416 e. The van der Waals surface area contributed by atoms with Crippen LogP contribution in [0.5, 0.6) is 0 Å². The van der Waals surface area contributed by atoms with E-state index >= 15 is 0 Å². The lowest BCUT2D eigenvalue weighted by Crippen LogP contribution is -2.43. The van der Waals surface area contributed by atoms with Crippen molar-refractivity contribution in [3.8, 4) is 11.3 Å². The van der Waals surface area contributed by atoms with Gasteiger partial charge in [-0.1, -0.05) is 12.1 Å². The zero-order valence-electron chi connectivity index (χ0n) is 16.3. The molecule has 1 aliphatic rings. The quantitative estimate of drug-likeness (QED) is 0.461. The molecule has 1 aromatic carbocycles. The van der Waals surface area contributed by atoms with Crippen molar-refractivity contribution in [1.29, 1.82) is 0 Å². The molecule has 1 aliphatic heterocycles. The Bertz CT molecular complexity index is 1210. The summed E-state index contributed by atoms with van der Waals surface area (Å²) in [6.45, 7) is 1.15. The van der Waals surface area contributed by atoms with E-state index in [1.807, 2.05) is 12.3 Å². The molecular formula is C21H19F3N6O. The number of hydrogen-bond donors (Lipinski definition) is 3. The number of aromatic amines is 2. The number of aliphatic hydroxyl groups is 1. The van der Waals surface area contributed by atoms with Gasteiger partial charge in [-0.15, -0.1) is 0 Å². The Hall–Kier alpha value is -3.40. The monoisotopic (exact) mass is 428 g/mol. The maximum atomic E-state index is 12.8. The summed E-state index contributed by atoms with van der Waals surface area (Å²) in [5, 5.41) is 12.1. The van der Waals surface area contributed by atoms with Gasteiger partial charge < -0.3 is 20.0 Å². The molecule has 4 aromatic rings. The summed E-state index contributed by atoms with van der Waals surface area (Å²) in [6, 6.07) is 6.78. The van der Waals surface area contributed by atoms with Crippen molar-refractivity contribution in [3.05, 3.63) is 60.4 Å². The standard InChI is InChI=1S/C21H19F3N6O/c22-21(23,24)14-3-1-13(2-4-14)16-11-26-19(29-16)20(31)6-9-30(10-7-20)18-15-5-8-25-17(15)27-12-28-18/h1-5,8,11-12,31H,6-7,9-10H2,(H,26,29)(H,25,27,28). The van der Waals surface area contributed by atoms with Gasteiger partial charge in [-0.3, -0.25) is 0 Å². The van der Waals surface area contributed by atoms with Crippen LogP contribution < -0.4 is 4.90 Å². The maximum Gasteiger partial charge on any atom is 0.416 e. The van der Waals surface area contributed by atoms with Gasteiger partial charge in [-0.05, 0) is 23.8 Å². The van der Waals surface area contributed by atoms with Gasteiger partial charge in [-0.2, -0.15) is 13.2 Å². The van der Waals surface area contributed by atoms with Crippen LogP contribution in [0, 0.1) is 0 Å². The van der Waals surface area contributed by atoms with E-state index in [1.54, 1.807) is 0 Å². The van der Waals surface area contributed by atoms with Crippen molar-refractivity contribution >= 4 is 16.9 Å². The van der Waals surface area contributed by atoms with Gasteiger partial charge in [0.25, 0.3) is 0 Å². The second-order valence-electron chi connectivity index (χ2n) is 7.68. The predicted molar refractivity (Wildman–Crippen MR) is 108 cm³/mol. The minimum Gasteiger partial charge on any atom is -0.382 e. The molecule has 10 heteroatoms. The Morgan fingerprint density at radius 1 is 1.00 bits per heavy atom. The van der Waals surface area contributed by atoms with Crippen LogP contribution in [0.1, 0.15) is 24.2 Å². The zero-order chi connectivity index (χ0) is 21.6. The highest BCUT2D eigenvalue weighted by Gasteiger charge is 2.37. The summed E-state index contributed by atoms with van der Waals surface area (Å²) in [6.07, 6.45) is 1.35. The summed E-state index contributed by atoms with van der Waals surface area (Å²) in [4.78, 5) is 21.2.